The van der Waals surface area contributed by atoms with E-state index in [1.54, 1.807) is 5.56 Å². The van der Waals surface area contributed by atoms with Crippen LogP contribution in [0, 0.1) is 24.7 Å². The van der Waals surface area contributed by atoms with Crippen LogP contribution in [-0.4, -0.2) is 13.1 Å². The van der Waals surface area contributed by atoms with Crippen LogP contribution in [0.1, 0.15) is 50.7 Å². The van der Waals surface area contributed by atoms with E-state index in [1.807, 2.05) is 0 Å². The Morgan fingerprint density at radius 1 is 1.10 bits per heavy atom. The quantitative estimate of drug-likeness (QED) is 0.799. The lowest BCUT2D eigenvalue weighted by atomic mass is 9.70. The van der Waals surface area contributed by atoms with E-state index in [9.17, 15) is 0 Å². The molecule has 0 aromatic heterocycles. The van der Waals surface area contributed by atoms with E-state index in [2.05, 4.69) is 50.4 Å². The Bertz CT molecular complexity index is 399. The zero-order chi connectivity index (χ0) is 14.4. The molecule has 1 aromatic carbocycles. The number of hydrogen-bond donors (Lipinski definition) is 1. The highest BCUT2D eigenvalue weighted by Crippen LogP contribution is 2.37. The van der Waals surface area contributed by atoms with Crippen molar-refractivity contribution in [1.82, 2.24) is 5.32 Å². The third-order valence-electron chi connectivity index (χ3n) is 5.23. The van der Waals surface area contributed by atoms with Gasteiger partial charge in [-0.2, -0.15) is 0 Å². The van der Waals surface area contributed by atoms with Crippen molar-refractivity contribution >= 4 is 0 Å². The maximum atomic E-state index is 3.58. The van der Waals surface area contributed by atoms with Crippen LogP contribution in [0.3, 0.4) is 0 Å². The Labute approximate surface area is 125 Å². The van der Waals surface area contributed by atoms with Gasteiger partial charge < -0.3 is 5.32 Å². The van der Waals surface area contributed by atoms with Crippen molar-refractivity contribution in [3.05, 3.63) is 35.4 Å². The molecule has 0 saturated heterocycles. The average molecular weight is 273 g/mol. The van der Waals surface area contributed by atoms with E-state index < -0.39 is 0 Å². The maximum absolute atomic E-state index is 3.58. The summed E-state index contributed by atoms with van der Waals surface area (Å²) in [7, 11) is 0. The summed E-state index contributed by atoms with van der Waals surface area (Å²) >= 11 is 0. The third kappa shape index (κ3) is 4.09. The van der Waals surface area contributed by atoms with Gasteiger partial charge in [0.2, 0.25) is 0 Å². The van der Waals surface area contributed by atoms with Gasteiger partial charge in [-0.05, 0) is 68.2 Å². The van der Waals surface area contributed by atoms with Gasteiger partial charge in [0.05, 0.1) is 0 Å². The van der Waals surface area contributed by atoms with Crippen molar-refractivity contribution in [3.8, 4) is 0 Å². The highest BCUT2D eigenvalue weighted by Gasteiger charge is 2.29. The van der Waals surface area contributed by atoms with E-state index in [-0.39, 0.29) is 0 Å². The van der Waals surface area contributed by atoms with Crippen molar-refractivity contribution in [1.29, 1.82) is 0 Å². The molecular weight excluding hydrogens is 242 g/mol. The highest BCUT2D eigenvalue weighted by atomic mass is 14.8. The minimum Gasteiger partial charge on any atom is -0.317 e. The fourth-order valence-corrected chi connectivity index (χ4v) is 3.76. The molecule has 0 aliphatic heterocycles. The first-order valence-corrected chi connectivity index (χ1v) is 8.49. The predicted molar refractivity (Wildman–Crippen MR) is 88.0 cm³/mol. The molecule has 0 radical (unpaired) electrons. The fourth-order valence-electron chi connectivity index (χ4n) is 3.76. The summed E-state index contributed by atoms with van der Waals surface area (Å²) in [5.74, 6) is 2.70. The summed E-state index contributed by atoms with van der Waals surface area (Å²) in [6.07, 6.45) is 6.93. The van der Waals surface area contributed by atoms with Crippen LogP contribution in [0.5, 0.6) is 0 Å². The first-order chi connectivity index (χ1) is 9.74. The Kier molecular flexibility index (Phi) is 6.09. The van der Waals surface area contributed by atoms with Gasteiger partial charge in [0.25, 0.3) is 0 Å². The van der Waals surface area contributed by atoms with Crippen molar-refractivity contribution in [2.24, 2.45) is 17.8 Å². The minimum atomic E-state index is 0.869. The van der Waals surface area contributed by atoms with Crippen molar-refractivity contribution in [2.75, 3.05) is 13.1 Å². The van der Waals surface area contributed by atoms with Gasteiger partial charge >= 0.3 is 0 Å². The second-order valence-corrected chi connectivity index (χ2v) is 6.55. The smallest absolute Gasteiger partial charge is 0.00179 e. The lowest BCUT2D eigenvalue weighted by Crippen LogP contribution is -2.34. The van der Waals surface area contributed by atoms with Crippen molar-refractivity contribution < 1.29 is 0 Å². The van der Waals surface area contributed by atoms with E-state index in [0.717, 1.165) is 24.3 Å². The number of benzene rings is 1. The fraction of sp³-hybridized carbons (Fsp3) is 0.684. The van der Waals surface area contributed by atoms with E-state index in [1.165, 1.54) is 44.2 Å². The molecule has 1 N–H and O–H groups in total. The molecule has 1 fully saturated rings. The second kappa shape index (κ2) is 7.83. The molecule has 20 heavy (non-hydrogen) atoms. The summed E-state index contributed by atoms with van der Waals surface area (Å²) in [6.45, 7) is 9.15. The van der Waals surface area contributed by atoms with E-state index in [0.29, 0.717) is 0 Å². The molecule has 2 rings (SSSR count). The van der Waals surface area contributed by atoms with Gasteiger partial charge in [-0.1, -0.05) is 51.0 Å². The zero-order valence-electron chi connectivity index (χ0n) is 13.5. The van der Waals surface area contributed by atoms with Crippen LogP contribution >= 0.6 is 0 Å². The molecule has 0 bridgehead atoms. The Hall–Kier alpha value is -0.820. The van der Waals surface area contributed by atoms with Crippen LogP contribution in [0.15, 0.2) is 24.3 Å². The monoisotopic (exact) mass is 273 g/mol. The largest absolute Gasteiger partial charge is 0.317 e. The van der Waals surface area contributed by atoms with Gasteiger partial charge in [-0.15, -0.1) is 0 Å². The number of rotatable bonds is 6. The summed E-state index contributed by atoms with van der Waals surface area (Å²) in [4.78, 5) is 0. The molecule has 1 aliphatic carbocycles. The first kappa shape index (κ1) is 15.6. The van der Waals surface area contributed by atoms with Gasteiger partial charge in [0.15, 0.2) is 0 Å². The minimum absolute atomic E-state index is 0.869. The third-order valence-corrected chi connectivity index (χ3v) is 5.23. The Morgan fingerprint density at radius 2 is 1.90 bits per heavy atom. The lowest BCUT2D eigenvalue weighted by Gasteiger charge is -2.36. The number of nitrogens with one attached hydrogen (secondary N) is 1. The molecule has 3 atom stereocenters. The highest BCUT2D eigenvalue weighted by molar-refractivity contribution is 5.26. The normalized spacial score (nSPS) is 26.6. The summed E-state index contributed by atoms with van der Waals surface area (Å²) in [6, 6.07) is 8.94. The van der Waals surface area contributed by atoms with Crippen molar-refractivity contribution in [3.63, 3.8) is 0 Å². The second-order valence-electron chi connectivity index (χ2n) is 6.55. The topological polar surface area (TPSA) is 12.0 Å². The van der Waals surface area contributed by atoms with Crippen molar-refractivity contribution in [2.45, 2.75) is 52.9 Å². The number of aryl methyl sites for hydroxylation is 1. The van der Waals surface area contributed by atoms with Crippen LogP contribution in [0.4, 0.5) is 0 Å². The molecule has 1 saturated carbocycles. The van der Waals surface area contributed by atoms with Gasteiger partial charge in [-0.25, -0.2) is 0 Å². The van der Waals surface area contributed by atoms with Crippen LogP contribution < -0.4 is 5.32 Å². The van der Waals surface area contributed by atoms with Gasteiger partial charge in [0.1, 0.15) is 0 Å². The molecule has 0 amide bonds. The summed E-state index contributed by atoms with van der Waals surface area (Å²) in [5, 5.41) is 3.58. The maximum Gasteiger partial charge on any atom is -0.00179 e. The summed E-state index contributed by atoms with van der Waals surface area (Å²) in [5.41, 5.74) is 3.03. The standard InChI is InChI=1S/C19H31N/c1-4-16-10-11-18(14-20-5-2)19(12-16)13-17-9-7-6-8-15(17)3/h6-9,16,18-20H,4-5,10-14H2,1-3H3. The van der Waals surface area contributed by atoms with Crippen LogP contribution in [0.2, 0.25) is 0 Å². The molecule has 0 heterocycles. The number of hydrogen-bond acceptors (Lipinski definition) is 1. The molecule has 1 nitrogen and oxygen atoms in total. The molecule has 0 spiro atoms. The average Bonchev–Trinajstić information content (AvgIpc) is 2.48. The van der Waals surface area contributed by atoms with E-state index >= 15 is 0 Å². The Morgan fingerprint density at radius 3 is 2.60 bits per heavy atom. The first-order valence-electron chi connectivity index (χ1n) is 8.49. The van der Waals surface area contributed by atoms with E-state index in [4.69, 9.17) is 0 Å². The van der Waals surface area contributed by atoms with Crippen LogP contribution in [0.25, 0.3) is 0 Å². The zero-order valence-corrected chi connectivity index (χ0v) is 13.5. The molecular formula is C19H31N. The van der Waals surface area contributed by atoms with Crippen LogP contribution in [-0.2, 0) is 6.42 Å². The Balaban J connectivity index is 2.04. The molecule has 1 aromatic rings. The van der Waals surface area contributed by atoms with Gasteiger partial charge in [0, 0.05) is 0 Å². The lowest BCUT2D eigenvalue weighted by molar-refractivity contribution is 0.172. The molecule has 112 valence electrons. The molecule has 1 aliphatic rings. The molecule has 1 heteroatoms. The SMILES string of the molecule is CCNCC1CCC(CC)CC1Cc1ccccc1C. The summed E-state index contributed by atoms with van der Waals surface area (Å²) < 4.78 is 0. The molecule has 3 unspecified atom stereocenters. The van der Waals surface area contributed by atoms with Gasteiger partial charge in [-0.3, -0.25) is 0 Å². The predicted octanol–water partition coefficient (Wildman–Crippen LogP) is 4.59.